The number of hydrogen-bond acceptors (Lipinski definition) is 4. The van der Waals surface area contributed by atoms with Crippen LogP contribution in [-0.4, -0.2) is 9.97 Å². The molecule has 0 spiro atoms. The van der Waals surface area contributed by atoms with E-state index in [2.05, 4.69) is 15.3 Å². The van der Waals surface area contributed by atoms with Crippen LogP contribution in [0, 0.1) is 17.5 Å². The fraction of sp³-hybridized carbons (Fsp3) is 0.231. The van der Waals surface area contributed by atoms with Crippen LogP contribution in [0.5, 0.6) is 0 Å². The van der Waals surface area contributed by atoms with Crippen LogP contribution < -0.4 is 11.1 Å². The van der Waals surface area contributed by atoms with Crippen molar-refractivity contribution in [2.75, 3.05) is 11.1 Å². The average molecular weight is 282 g/mol. The van der Waals surface area contributed by atoms with Crippen LogP contribution in [0.3, 0.4) is 0 Å². The highest BCUT2D eigenvalue weighted by atomic mass is 19.1. The molecular weight excluding hydrogens is 269 g/mol. The second-order valence-electron chi connectivity index (χ2n) is 4.56. The summed E-state index contributed by atoms with van der Waals surface area (Å²) in [5.41, 5.74) is 5.13. The molecule has 0 unspecified atom stereocenters. The lowest BCUT2D eigenvalue weighted by atomic mass is 10.2. The summed E-state index contributed by atoms with van der Waals surface area (Å²) in [6.07, 6.45) is 0. The molecule has 7 heteroatoms. The Balaban J connectivity index is 2.40. The lowest BCUT2D eigenvalue weighted by molar-refractivity contribution is 0.548. The number of anilines is 3. The zero-order valence-corrected chi connectivity index (χ0v) is 10.9. The summed E-state index contributed by atoms with van der Waals surface area (Å²) < 4.78 is 39.9. The summed E-state index contributed by atoms with van der Waals surface area (Å²) in [7, 11) is 0. The van der Waals surface area contributed by atoms with E-state index in [1.54, 1.807) is 0 Å². The van der Waals surface area contributed by atoms with E-state index in [-0.39, 0.29) is 17.6 Å². The third-order valence-electron chi connectivity index (χ3n) is 2.54. The standard InChI is InChI=1S/C13H13F3N4/c1-6(2)13-18-10(17)5-11(20-13)19-12-8(15)3-7(14)4-9(12)16/h3-6H,1-2H3,(H3,17,18,19,20). The Hall–Kier alpha value is -2.31. The first kappa shape index (κ1) is 14.1. The highest BCUT2D eigenvalue weighted by molar-refractivity contribution is 5.59. The van der Waals surface area contributed by atoms with Gasteiger partial charge in [0.2, 0.25) is 0 Å². The van der Waals surface area contributed by atoms with Gasteiger partial charge in [0, 0.05) is 24.1 Å². The molecular formula is C13H13F3N4. The van der Waals surface area contributed by atoms with Crippen LogP contribution in [0.15, 0.2) is 18.2 Å². The monoisotopic (exact) mass is 282 g/mol. The number of aromatic nitrogens is 2. The van der Waals surface area contributed by atoms with Crippen LogP contribution in [0.4, 0.5) is 30.5 Å². The van der Waals surface area contributed by atoms with E-state index in [1.807, 2.05) is 13.8 Å². The summed E-state index contributed by atoms with van der Waals surface area (Å²) in [6, 6.07) is 2.51. The van der Waals surface area contributed by atoms with E-state index in [0.29, 0.717) is 18.0 Å². The minimum absolute atomic E-state index is 0.00182. The molecule has 106 valence electrons. The molecule has 0 atom stereocenters. The molecule has 0 aliphatic carbocycles. The fourth-order valence-electron chi connectivity index (χ4n) is 1.60. The molecule has 0 fully saturated rings. The second-order valence-corrected chi connectivity index (χ2v) is 4.56. The summed E-state index contributed by atoms with van der Waals surface area (Å²) in [5.74, 6) is -2.33. The molecule has 1 heterocycles. The molecule has 0 radical (unpaired) electrons. The van der Waals surface area contributed by atoms with Gasteiger partial charge in [-0.3, -0.25) is 0 Å². The van der Waals surface area contributed by atoms with Crippen LogP contribution in [0.1, 0.15) is 25.6 Å². The predicted octanol–water partition coefficient (Wildman–Crippen LogP) is 3.34. The first-order valence-corrected chi connectivity index (χ1v) is 5.93. The highest BCUT2D eigenvalue weighted by Gasteiger charge is 2.14. The molecule has 0 saturated carbocycles. The Morgan fingerprint density at radius 3 is 2.20 bits per heavy atom. The molecule has 1 aromatic carbocycles. The molecule has 0 aliphatic rings. The van der Waals surface area contributed by atoms with Crippen LogP contribution in [0.2, 0.25) is 0 Å². The van der Waals surface area contributed by atoms with Crippen molar-refractivity contribution in [3.63, 3.8) is 0 Å². The van der Waals surface area contributed by atoms with Crippen LogP contribution in [0.25, 0.3) is 0 Å². The zero-order chi connectivity index (χ0) is 14.9. The normalized spacial score (nSPS) is 10.9. The van der Waals surface area contributed by atoms with E-state index in [9.17, 15) is 13.2 Å². The third-order valence-corrected chi connectivity index (χ3v) is 2.54. The topological polar surface area (TPSA) is 63.8 Å². The van der Waals surface area contributed by atoms with Crippen molar-refractivity contribution < 1.29 is 13.2 Å². The van der Waals surface area contributed by atoms with Crippen LogP contribution >= 0.6 is 0 Å². The van der Waals surface area contributed by atoms with Gasteiger partial charge in [-0.1, -0.05) is 13.8 Å². The van der Waals surface area contributed by atoms with Gasteiger partial charge >= 0.3 is 0 Å². The molecule has 0 saturated heterocycles. The van der Waals surface area contributed by atoms with Crippen molar-refractivity contribution >= 4 is 17.3 Å². The minimum Gasteiger partial charge on any atom is -0.384 e. The number of nitrogens with one attached hydrogen (secondary N) is 1. The fourth-order valence-corrected chi connectivity index (χ4v) is 1.60. The summed E-state index contributed by atoms with van der Waals surface area (Å²) in [5, 5.41) is 2.46. The Bertz CT molecular complexity index is 621. The number of hydrogen-bond donors (Lipinski definition) is 2. The first-order valence-electron chi connectivity index (χ1n) is 5.93. The molecule has 0 aliphatic heterocycles. The van der Waals surface area contributed by atoms with Crippen molar-refractivity contribution in [2.45, 2.75) is 19.8 Å². The van der Waals surface area contributed by atoms with Gasteiger partial charge in [-0.15, -0.1) is 0 Å². The third kappa shape index (κ3) is 2.98. The van der Waals surface area contributed by atoms with E-state index >= 15 is 0 Å². The lowest BCUT2D eigenvalue weighted by Gasteiger charge is -2.11. The van der Waals surface area contributed by atoms with Crippen molar-refractivity contribution in [1.82, 2.24) is 9.97 Å². The van der Waals surface area contributed by atoms with Gasteiger partial charge in [-0.25, -0.2) is 23.1 Å². The van der Waals surface area contributed by atoms with E-state index in [0.717, 1.165) is 0 Å². The maximum atomic E-state index is 13.5. The predicted molar refractivity (Wildman–Crippen MR) is 70.1 cm³/mol. The average Bonchev–Trinajstić information content (AvgIpc) is 2.33. The molecule has 2 aromatic rings. The molecule has 4 nitrogen and oxygen atoms in total. The maximum Gasteiger partial charge on any atom is 0.152 e. The highest BCUT2D eigenvalue weighted by Crippen LogP contribution is 2.25. The van der Waals surface area contributed by atoms with Gasteiger partial charge in [0.05, 0.1) is 0 Å². The smallest absolute Gasteiger partial charge is 0.152 e. The molecule has 1 aromatic heterocycles. The van der Waals surface area contributed by atoms with Crippen molar-refractivity contribution in [3.8, 4) is 0 Å². The zero-order valence-electron chi connectivity index (χ0n) is 10.9. The Kier molecular flexibility index (Phi) is 3.78. The lowest BCUT2D eigenvalue weighted by Crippen LogP contribution is -2.06. The summed E-state index contributed by atoms with van der Waals surface area (Å²) in [6.45, 7) is 3.72. The molecule has 20 heavy (non-hydrogen) atoms. The van der Waals surface area contributed by atoms with Gasteiger partial charge in [-0.05, 0) is 0 Å². The van der Waals surface area contributed by atoms with Gasteiger partial charge in [0.25, 0.3) is 0 Å². The Morgan fingerprint density at radius 2 is 1.65 bits per heavy atom. The summed E-state index contributed by atoms with van der Waals surface area (Å²) in [4.78, 5) is 8.12. The number of nitrogens with two attached hydrogens (primary N) is 1. The van der Waals surface area contributed by atoms with Crippen molar-refractivity contribution in [1.29, 1.82) is 0 Å². The molecule has 2 rings (SSSR count). The van der Waals surface area contributed by atoms with Gasteiger partial charge in [-0.2, -0.15) is 0 Å². The largest absolute Gasteiger partial charge is 0.384 e. The SMILES string of the molecule is CC(C)c1nc(N)cc(Nc2c(F)cc(F)cc2F)n1. The second kappa shape index (κ2) is 5.36. The number of rotatable bonds is 3. The van der Waals surface area contributed by atoms with E-state index in [4.69, 9.17) is 5.73 Å². The van der Waals surface area contributed by atoms with Crippen LogP contribution in [-0.2, 0) is 0 Å². The number of benzene rings is 1. The number of halogens is 3. The minimum atomic E-state index is -1.05. The van der Waals surface area contributed by atoms with E-state index in [1.165, 1.54) is 6.07 Å². The molecule has 3 N–H and O–H groups in total. The first-order chi connectivity index (χ1) is 9.36. The van der Waals surface area contributed by atoms with Gasteiger partial charge < -0.3 is 11.1 Å². The quantitative estimate of drug-likeness (QED) is 0.906. The maximum absolute atomic E-state index is 13.5. The molecule has 0 amide bonds. The van der Waals surface area contributed by atoms with Gasteiger partial charge in [0.1, 0.15) is 29.0 Å². The number of nitrogen functional groups attached to an aromatic ring is 1. The Labute approximate surface area is 113 Å². The van der Waals surface area contributed by atoms with E-state index < -0.39 is 23.1 Å². The van der Waals surface area contributed by atoms with Gasteiger partial charge in [0.15, 0.2) is 11.6 Å². The Morgan fingerprint density at radius 1 is 1.05 bits per heavy atom. The molecule has 0 bridgehead atoms. The van der Waals surface area contributed by atoms with Crippen molar-refractivity contribution in [3.05, 3.63) is 41.5 Å². The summed E-state index contributed by atoms with van der Waals surface area (Å²) >= 11 is 0. The van der Waals surface area contributed by atoms with Crippen molar-refractivity contribution in [2.24, 2.45) is 0 Å². The number of nitrogens with zero attached hydrogens (tertiary/aromatic N) is 2.